The molecule has 6 nitrogen and oxygen atoms in total. The van der Waals surface area contributed by atoms with Gasteiger partial charge in [-0.3, -0.25) is 4.72 Å². The second-order valence-corrected chi connectivity index (χ2v) is 5.26. The van der Waals surface area contributed by atoms with Crippen molar-refractivity contribution in [3.05, 3.63) is 23.2 Å². The maximum absolute atomic E-state index is 11.7. The molecule has 7 heteroatoms. The molecule has 0 saturated heterocycles. The Labute approximate surface area is 92.2 Å². The van der Waals surface area contributed by atoms with Crippen molar-refractivity contribution in [1.29, 1.82) is 0 Å². The molecule has 0 aliphatic carbocycles. The van der Waals surface area contributed by atoms with Crippen molar-refractivity contribution in [3.8, 4) is 0 Å². The third-order valence-electron chi connectivity index (χ3n) is 2.33. The van der Waals surface area contributed by atoms with Gasteiger partial charge in [-0.05, 0) is 13.0 Å². The molecule has 0 saturated carbocycles. The number of hydrogen-bond acceptors (Lipinski definition) is 3. The quantitative estimate of drug-likeness (QED) is 0.745. The molecule has 0 spiro atoms. The molecule has 0 fully saturated rings. The molecule has 1 aliphatic rings. The Bertz CT molecular complexity index is 610. The number of nitrogens with zero attached hydrogens (tertiary/aromatic N) is 1. The number of aromatic carboxylic acids is 1. The summed E-state index contributed by atoms with van der Waals surface area (Å²) in [7, 11) is -2.13. The van der Waals surface area contributed by atoms with Gasteiger partial charge in [0.15, 0.2) is 0 Å². The number of allylic oxidation sites excluding steroid dienone is 1. The molecule has 2 N–H and O–H groups in total. The van der Waals surface area contributed by atoms with Crippen LogP contribution in [0.3, 0.4) is 0 Å². The van der Waals surface area contributed by atoms with E-state index in [1.54, 1.807) is 6.92 Å². The van der Waals surface area contributed by atoms with Crippen molar-refractivity contribution >= 4 is 22.1 Å². The van der Waals surface area contributed by atoms with E-state index >= 15 is 0 Å². The number of carbonyl (C=O) groups is 1. The SMILES string of the molecule is CC1=Cc2c(cn(C)c2C(=O)O)S(=O)(=O)N1. The zero-order valence-corrected chi connectivity index (χ0v) is 9.50. The molecule has 0 aromatic carbocycles. The van der Waals surface area contributed by atoms with E-state index in [2.05, 4.69) is 4.72 Å². The molecule has 2 heterocycles. The molecule has 1 aromatic heterocycles. The van der Waals surface area contributed by atoms with Crippen LogP contribution in [0, 0.1) is 0 Å². The van der Waals surface area contributed by atoms with E-state index in [1.807, 2.05) is 0 Å². The minimum Gasteiger partial charge on any atom is -0.477 e. The Morgan fingerprint density at radius 3 is 2.69 bits per heavy atom. The number of nitrogens with one attached hydrogen (secondary N) is 1. The Morgan fingerprint density at radius 2 is 2.12 bits per heavy atom. The number of carboxylic acids is 1. The predicted molar refractivity (Wildman–Crippen MR) is 56.3 cm³/mol. The number of carboxylic acid groups (broad SMARTS) is 1. The first kappa shape index (κ1) is 10.7. The van der Waals surface area contributed by atoms with Crippen molar-refractivity contribution in [2.75, 3.05) is 0 Å². The molecule has 0 atom stereocenters. The van der Waals surface area contributed by atoms with Crippen LogP contribution in [0.1, 0.15) is 23.0 Å². The zero-order valence-electron chi connectivity index (χ0n) is 8.68. The number of sulfonamides is 1. The fourth-order valence-corrected chi connectivity index (χ4v) is 3.08. The smallest absolute Gasteiger partial charge is 0.353 e. The van der Waals surface area contributed by atoms with Crippen LogP contribution in [0.15, 0.2) is 16.8 Å². The van der Waals surface area contributed by atoms with Gasteiger partial charge in [0, 0.05) is 24.5 Å². The normalized spacial score (nSPS) is 17.2. The number of rotatable bonds is 1. The van der Waals surface area contributed by atoms with E-state index in [9.17, 15) is 13.2 Å². The summed E-state index contributed by atoms with van der Waals surface area (Å²) < 4.78 is 27.0. The van der Waals surface area contributed by atoms with Gasteiger partial charge in [-0.1, -0.05) is 0 Å². The molecule has 2 rings (SSSR count). The molecule has 0 amide bonds. The lowest BCUT2D eigenvalue weighted by molar-refractivity contribution is 0.0686. The van der Waals surface area contributed by atoms with E-state index in [0.29, 0.717) is 5.70 Å². The summed E-state index contributed by atoms with van der Waals surface area (Å²) in [4.78, 5) is 11.0. The first-order valence-electron chi connectivity index (χ1n) is 4.46. The first-order valence-corrected chi connectivity index (χ1v) is 5.95. The third kappa shape index (κ3) is 1.40. The summed E-state index contributed by atoms with van der Waals surface area (Å²) in [6.45, 7) is 1.57. The van der Waals surface area contributed by atoms with Crippen LogP contribution in [0.5, 0.6) is 0 Å². The highest BCUT2D eigenvalue weighted by molar-refractivity contribution is 7.89. The van der Waals surface area contributed by atoms with E-state index in [0.717, 1.165) is 0 Å². The Balaban J connectivity index is 2.84. The highest BCUT2D eigenvalue weighted by atomic mass is 32.2. The van der Waals surface area contributed by atoms with Gasteiger partial charge in [0.1, 0.15) is 10.6 Å². The van der Waals surface area contributed by atoms with Crippen LogP contribution in [-0.2, 0) is 17.1 Å². The molecule has 16 heavy (non-hydrogen) atoms. The van der Waals surface area contributed by atoms with Crippen LogP contribution >= 0.6 is 0 Å². The monoisotopic (exact) mass is 242 g/mol. The summed E-state index contributed by atoms with van der Waals surface area (Å²) in [5.74, 6) is -1.15. The number of fused-ring (bicyclic) bond motifs is 1. The van der Waals surface area contributed by atoms with Crippen LogP contribution in [0.25, 0.3) is 6.08 Å². The minimum absolute atomic E-state index is 0.00185. The van der Waals surface area contributed by atoms with Gasteiger partial charge in [-0.2, -0.15) is 0 Å². The summed E-state index contributed by atoms with van der Waals surface area (Å²) >= 11 is 0. The van der Waals surface area contributed by atoms with Crippen LogP contribution in [0.2, 0.25) is 0 Å². The maximum Gasteiger partial charge on any atom is 0.353 e. The van der Waals surface area contributed by atoms with Crippen LogP contribution < -0.4 is 4.72 Å². The second-order valence-electron chi connectivity index (χ2n) is 3.60. The van der Waals surface area contributed by atoms with E-state index < -0.39 is 16.0 Å². The van der Waals surface area contributed by atoms with Gasteiger partial charge in [0.05, 0.1) is 0 Å². The number of aromatic nitrogens is 1. The Kier molecular flexibility index (Phi) is 2.09. The van der Waals surface area contributed by atoms with Crippen molar-refractivity contribution in [2.24, 2.45) is 7.05 Å². The van der Waals surface area contributed by atoms with Crippen molar-refractivity contribution in [2.45, 2.75) is 11.8 Å². The lowest BCUT2D eigenvalue weighted by Crippen LogP contribution is -2.25. The Morgan fingerprint density at radius 1 is 1.50 bits per heavy atom. The molecule has 1 aliphatic heterocycles. The average Bonchev–Trinajstić information content (AvgIpc) is 2.40. The summed E-state index contributed by atoms with van der Waals surface area (Å²) in [6, 6.07) is 0. The summed E-state index contributed by atoms with van der Waals surface area (Å²) in [6.07, 6.45) is 2.81. The van der Waals surface area contributed by atoms with E-state index in [1.165, 1.54) is 23.9 Å². The number of hydrogen-bond donors (Lipinski definition) is 2. The van der Waals surface area contributed by atoms with Gasteiger partial charge in [0.25, 0.3) is 10.0 Å². The minimum atomic E-state index is -3.63. The van der Waals surface area contributed by atoms with E-state index in [4.69, 9.17) is 5.11 Å². The van der Waals surface area contributed by atoms with Crippen molar-refractivity contribution in [1.82, 2.24) is 9.29 Å². The molecular formula is C9H10N2O4S. The largest absolute Gasteiger partial charge is 0.477 e. The topological polar surface area (TPSA) is 88.4 Å². The highest BCUT2D eigenvalue weighted by Crippen LogP contribution is 2.28. The fourth-order valence-electron chi connectivity index (χ4n) is 1.75. The van der Waals surface area contributed by atoms with Crippen molar-refractivity contribution < 1.29 is 18.3 Å². The van der Waals surface area contributed by atoms with Gasteiger partial charge >= 0.3 is 5.97 Å². The van der Waals surface area contributed by atoms with E-state index in [-0.39, 0.29) is 16.2 Å². The predicted octanol–water partition coefficient (Wildman–Crippen LogP) is 0.376. The maximum atomic E-state index is 11.7. The molecule has 1 aromatic rings. The van der Waals surface area contributed by atoms with Crippen molar-refractivity contribution in [3.63, 3.8) is 0 Å². The summed E-state index contributed by atoms with van der Waals surface area (Å²) in [5, 5.41) is 9.00. The van der Waals surface area contributed by atoms with Crippen LogP contribution in [0.4, 0.5) is 0 Å². The van der Waals surface area contributed by atoms with Gasteiger partial charge < -0.3 is 9.67 Å². The highest BCUT2D eigenvalue weighted by Gasteiger charge is 2.29. The van der Waals surface area contributed by atoms with Gasteiger partial charge in [-0.25, -0.2) is 13.2 Å². The van der Waals surface area contributed by atoms with Gasteiger partial charge in [-0.15, -0.1) is 0 Å². The first-order chi connectivity index (χ1) is 7.33. The van der Waals surface area contributed by atoms with Crippen LogP contribution in [-0.4, -0.2) is 24.1 Å². The zero-order chi connectivity index (χ0) is 12.1. The number of aryl methyl sites for hydroxylation is 1. The molecule has 0 unspecified atom stereocenters. The average molecular weight is 242 g/mol. The second kappa shape index (κ2) is 3.11. The fraction of sp³-hybridized carbons (Fsp3) is 0.222. The molecule has 0 bridgehead atoms. The Hall–Kier alpha value is -1.76. The molecule has 86 valence electrons. The standard InChI is InChI=1S/C9H10N2O4S/c1-5-3-6-7(16(14,15)10-5)4-11(2)8(6)9(12)13/h3-4,10H,1-2H3,(H,12,13). The molecule has 0 radical (unpaired) electrons. The van der Waals surface area contributed by atoms with Gasteiger partial charge in [0.2, 0.25) is 0 Å². The molecular weight excluding hydrogens is 232 g/mol. The lowest BCUT2D eigenvalue weighted by Gasteiger charge is -2.13. The lowest BCUT2D eigenvalue weighted by atomic mass is 10.2. The summed E-state index contributed by atoms with van der Waals surface area (Å²) in [5.41, 5.74) is 0.604. The third-order valence-corrected chi connectivity index (χ3v) is 3.83.